The van der Waals surface area contributed by atoms with Crippen LogP contribution in [0.1, 0.15) is 40.3 Å². The summed E-state index contributed by atoms with van der Waals surface area (Å²) in [4.78, 5) is 36.9. The lowest BCUT2D eigenvalue weighted by molar-refractivity contribution is -0.118. The van der Waals surface area contributed by atoms with E-state index in [0.717, 1.165) is 11.8 Å². The number of ether oxygens (including phenoxy) is 1. The van der Waals surface area contributed by atoms with Crippen molar-refractivity contribution in [1.82, 2.24) is 29.5 Å². The van der Waals surface area contributed by atoms with Crippen molar-refractivity contribution in [1.29, 1.82) is 0 Å². The van der Waals surface area contributed by atoms with Crippen molar-refractivity contribution in [3.8, 4) is 0 Å². The van der Waals surface area contributed by atoms with Gasteiger partial charge in [-0.1, -0.05) is 32.5 Å². The molecule has 226 valence electrons. The topological polar surface area (TPSA) is 207 Å². The number of aromatic nitrogens is 4. The number of fused-ring (bicyclic) bond motifs is 1. The van der Waals surface area contributed by atoms with Gasteiger partial charge in [0.25, 0.3) is 5.56 Å². The van der Waals surface area contributed by atoms with E-state index in [1.165, 1.54) is 17.8 Å². The van der Waals surface area contributed by atoms with E-state index in [2.05, 4.69) is 20.0 Å². The van der Waals surface area contributed by atoms with Gasteiger partial charge in [0.05, 0.1) is 19.5 Å². The third-order valence-corrected chi connectivity index (χ3v) is 9.55. The third kappa shape index (κ3) is 7.49. The quantitative estimate of drug-likeness (QED) is 0.148. The molecule has 0 amide bonds. The molecule has 0 bridgehead atoms. The summed E-state index contributed by atoms with van der Waals surface area (Å²) in [5.74, 6) is 0.116. The van der Waals surface area contributed by atoms with E-state index in [9.17, 15) is 24.4 Å². The minimum absolute atomic E-state index is 0.0101. The van der Waals surface area contributed by atoms with Gasteiger partial charge in [-0.3, -0.25) is 28.2 Å². The molecule has 6 N–H and O–H groups in total. The van der Waals surface area contributed by atoms with Crippen LogP contribution in [0.15, 0.2) is 11.1 Å². The molecule has 0 radical (unpaired) electrons. The van der Waals surface area contributed by atoms with Gasteiger partial charge in [0, 0.05) is 24.3 Å². The molecular weight excluding hydrogens is 565 g/mol. The van der Waals surface area contributed by atoms with E-state index in [4.69, 9.17) is 19.5 Å². The number of anilines is 1. The highest BCUT2D eigenvalue weighted by Crippen LogP contribution is 2.46. The maximum absolute atomic E-state index is 13.5. The average molecular weight is 606 g/mol. The Labute approximate surface area is 236 Å². The standard InChI is InChI=1S/C23H40N7O8PS/c1-7-22(2,3)20(33)40-11-10-36-39(35,26-8-9-29(5)6)37-12-14-16(31)23(4,34)19(38-14)30-13-25-15-17(30)27-21(24)28-18(15)32/h13-14,16,19,31,34H,7-12H2,1-6H3,(H,26,35)(H3,24,27,28,32)/t14-,16-,19-,23-,39?/m1/s1. The summed E-state index contributed by atoms with van der Waals surface area (Å²) in [6.07, 6.45) is -1.89. The Balaban J connectivity index is 1.70. The molecule has 1 aliphatic heterocycles. The Morgan fingerprint density at radius 1 is 1.43 bits per heavy atom. The molecule has 1 unspecified atom stereocenters. The number of aromatic amines is 1. The van der Waals surface area contributed by atoms with Crippen molar-refractivity contribution in [2.45, 2.75) is 58.2 Å². The van der Waals surface area contributed by atoms with Gasteiger partial charge in [-0.05, 0) is 27.4 Å². The number of carbonyl (C=O) groups is 1. The normalized spacial score (nSPS) is 25.1. The number of H-pyrrole nitrogens is 1. The van der Waals surface area contributed by atoms with Crippen molar-refractivity contribution in [2.24, 2.45) is 5.41 Å². The molecule has 1 saturated heterocycles. The molecule has 1 aliphatic rings. The first-order valence-electron chi connectivity index (χ1n) is 12.9. The molecule has 3 heterocycles. The second-order valence-corrected chi connectivity index (χ2v) is 13.6. The lowest BCUT2D eigenvalue weighted by Crippen LogP contribution is -2.44. The van der Waals surface area contributed by atoms with E-state index in [1.54, 1.807) is 0 Å². The van der Waals surface area contributed by atoms with Gasteiger partial charge in [-0.15, -0.1) is 0 Å². The number of likely N-dealkylation sites (N-methyl/N-ethyl adjacent to an activating group) is 1. The fourth-order valence-corrected chi connectivity index (χ4v) is 6.15. The van der Waals surface area contributed by atoms with Crippen LogP contribution in [0.5, 0.6) is 0 Å². The average Bonchev–Trinajstić information content (AvgIpc) is 3.38. The van der Waals surface area contributed by atoms with Crippen LogP contribution in [0.25, 0.3) is 11.2 Å². The van der Waals surface area contributed by atoms with Gasteiger partial charge in [0.15, 0.2) is 22.5 Å². The highest BCUT2D eigenvalue weighted by Gasteiger charge is 2.54. The number of nitrogens with two attached hydrogens (primary N) is 1. The van der Waals surface area contributed by atoms with E-state index in [1.807, 2.05) is 39.8 Å². The van der Waals surface area contributed by atoms with E-state index in [0.29, 0.717) is 13.0 Å². The summed E-state index contributed by atoms with van der Waals surface area (Å²) < 4.78 is 32.0. The molecule has 0 spiro atoms. The first-order chi connectivity index (χ1) is 18.6. The second kappa shape index (κ2) is 13.0. The van der Waals surface area contributed by atoms with Gasteiger partial charge in [-0.2, -0.15) is 4.98 Å². The smallest absolute Gasteiger partial charge is 0.387 e. The number of hydrogen-bond acceptors (Lipinski definition) is 13. The molecule has 0 saturated carbocycles. The fraction of sp³-hybridized carbons (Fsp3) is 0.739. The van der Waals surface area contributed by atoms with E-state index >= 15 is 0 Å². The molecule has 2 aromatic heterocycles. The molecule has 40 heavy (non-hydrogen) atoms. The summed E-state index contributed by atoms with van der Waals surface area (Å²) >= 11 is 1.10. The second-order valence-electron chi connectivity index (χ2n) is 10.7. The molecule has 0 aromatic carbocycles. The summed E-state index contributed by atoms with van der Waals surface area (Å²) in [6.45, 7) is 7.40. The van der Waals surface area contributed by atoms with Crippen LogP contribution in [0, 0.1) is 5.41 Å². The molecule has 5 atom stereocenters. The number of rotatable bonds is 14. The van der Waals surface area contributed by atoms with E-state index < -0.39 is 49.4 Å². The van der Waals surface area contributed by atoms with Crippen molar-refractivity contribution < 1.29 is 33.4 Å². The minimum atomic E-state index is -3.90. The molecule has 2 aromatic rings. The summed E-state index contributed by atoms with van der Waals surface area (Å²) in [6, 6.07) is 0. The molecule has 1 fully saturated rings. The zero-order valence-electron chi connectivity index (χ0n) is 23.6. The maximum Gasteiger partial charge on any atom is 0.405 e. The Bertz CT molecular complexity index is 1280. The SMILES string of the molecule is CCC(C)(C)C(=O)SCCOP(=O)(NCCN(C)C)OC[C@H]1O[C@@H](n2cnc3c(=O)[nH]c(N)nc32)[C@](C)(O)[C@@H]1O. The Morgan fingerprint density at radius 2 is 2.12 bits per heavy atom. The zero-order chi connectivity index (χ0) is 29.9. The first-order valence-corrected chi connectivity index (χ1v) is 15.4. The number of carbonyl (C=O) groups excluding carboxylic acids is 1. The van der Waals surface area contributed by atoms with Gasteiger partial charge < -0.3 is 25.6 Å². The molecule has 3 rings (SSSR count). The zero-order valence-corrected chi connectivity index (χ0v) is 25.3. The Hall–Kier alpha value is -1.88. The number of nitrogens with one attached hydrogen (secondary N) is 2. The molecule has 15 nitrogen and oxygen atoms in total. The van der Waals surface area contributed by atoms with Gasteiger partial charge >= 0.3 is 7.75 Å². The van der Waals surface area contributed by atoms with E-state index in [-0.39, 0.29) is 41.1 Å². The fourth-order valence-electron chi connectivity index (χ4n) is 3.83. The number of thioether (sulfide) groups is 1. The monoisotopic (exact) mass is 605 g/mol. The van der Waals surface area contributed by atoms with Gasteiger partial charge in [0.2, 0.25) is 5.95 Å². The van der Waals surface area contributed by atoms with Crippen LogP contribution in [-0.4, -0.2) is 104 Å². The highest BCUT2D eigenvalue weighted by atomic mass is 32.2. The first kappa shape index (κ1) is 32.6. The predicted molar refractivity (Wildman–Crippen MR) is 151 cm³/mol. The van der Waals surface area contributed by atoms with Crippen LogP contribution in [-0.2, 0) is 23.1 Å². The highest BCUT2D eigenvalue weighted by molar-refractivity contribution is 8.13. The van der Waals surface area contributed by atoms with Crippen LogP contribution in [0.2, 0.25) is 0 Å². The lowest BCUT2D eigenvalue weighted by atomic mass is 9.92. The number of imidazole rings is 1. The molecular formula is C23H40N7O8PS. The summed E-state index contributed by atoms with van der Waals surface area (Å²) in [7, 11) is -0.195. The molecule has 17 heteroatoms. The van der Waals surface area contributed by atoms with Crippen LogP contribution in [0.3, 0.4) is 0 Å². The third-order valence-electron chi connectivity index (χ3n) is 6.75. The number of nitrogens with zero attached hydrogens (tertiary/aromatic N) is 4. The van der Waals surface area contributed by atoms with Crippen molar-refractivity contribution in [2.75, 3.05) is 51.9 Å². The minimum Gasteiger partial charge on any atom is -0.387 e. The lowest BCUT2D eigenvalue weighted by Gasteiger charge is -2.27. The Kier molecular flexibility index (Phi) is 10.6. The number of hydrogen-bond donors (Lipinski definition) is 5. The summed E-state index contributed by atoms with van der Waals surface area (Å²) in [5, 5.41) is 24.8. The van der Waals surface area contributed by atoms with Gasteiger partial charge in [0.1, 0.15) is 17.8 Å². The van der Waals surface area contributed by atoms with Crippen molar-refractivity contribution in [3.63, 3.8) is 0 Å². The summed E-state index contributed by atoms with van der Waals surface area (Å²) in [5.41, 5.74) is 2.78. The maximum atomic E-state index is 13.5. The van der Waals surface area contributed by atoms with Crippen molar-refractivity contribution in [3.05, 3.63) is 16.7 Å². The van der Waals surface area contributed by atoms with Crippen LogP contribution < -0.4 is 16.4 Å². The number of nitrogen functional groups attached to an aromatic ring is 1. The Morgan fingerprint density at radius 3 is 2.77 bits per heavy atom. The molecule has 0 aliphatic carbocycles. The number of aliphatic hydroxyl groups is 2. The van der Waals surface area contributed by atoms with Crippen LogP contribution >= 0.6 is 19.5 Å². The largest absolute Gasteiger partial charge is 0.405 e. The predicted octanol–water partition coefficient (Wildman–Crippen LogP) is 0.700. The van der Waals surface area contributed by atoms with Crippen LogP contribution in [0.4, 0.5) is 5.95 Å². The number of aliphatic hydroxyl groups excluding tert-OH is 1. The van der Waals surface area contributed by atoms with Gasteiger partial charge in [-0.25, -0.2) is 14.6 Å². The van der Waals surface area contributed by atoms with Crippen molar-refractivity contribution >= 4 is 41.7 Å².